The van der Waals surface area contributed by atoms with Crippen molar-refractivity contribution in [2.75, 3.05) is 17.2 Å². The molecule has 2 N–H and O–H groups in total. The van der Waals surface area contributed by atoms with E-state index in [4.69, 9.17) is 5.73 Å². The summed E-state index contributed by atoms with van der Waals surface area (Å²) in [5.41, 5.74) is 6.71. The van der Waals surface area contributed by atoms with Crippen LogP contribution >= 0.6 is 0 Å². The van der Waals surface area contributed by atoms with Crippen molar-refractivity contribution in [1.29, 1.82) is 0 Å². The maximum Gasteiger partial charge on any atom is 0.290 e. The predicted molar refractivity (Wildman–Crippen MR) is 75.2 cm³/mol. The third kappa shape index (κ3) is 2.31. The highest BCUT2D eigenvalue weighted by atomic mass is 32.2. The van der Waals surface area contributed by atoms with E-state index in [2.05, 4.69) is 0 Å². The molecule has 0 saturated carbocycles. The summed E-state index contributed by atoms with van der Waals surface area (Å²) in [7, 11) is -3.02. The molecule has 2 rings (SSSR count). The molecular formula is C12H21N3O3S. The zero-order chi connectivity index (χ0) is 14.4. The summed E-state index contributed by atoms with van der Waals surface area (Å²) >= 11 is 0. The fourth-order valence-corrected chi connectivity index (χ4v) is 4.55. The van der Waals surface area contributed by atoms with Crippen molar-refractivity contribution >= 4 is 15.5 Å². The van der Waals surface area contributed by atoms with E-state index in [9.17, 15) is 13.2 Å². The molecule has 0 aromatic carbocycles. The Balaban J connectivity index is 2.58. The SMILES string of the molecule is CCn1c(C(C)C)c(N)c(=O)n1C1CCS(=O)(=O)C1. The molecule has 0 bridgehead atoms. The number of hydrogen-bond acceptors (Lipinski definition) is 4. The van der Waals surface area contributed by atoms with Crippen LogP contribution in [0.15, 0.2) is 4.79 Å². The lowest BCUT2D eigenvalue weighted by atomic mass is 10.1. The van der Waals surface area contributed by atoms with E-state index in [1.54, 1.807) is 4.68 Å². The largest absolute Gasteiger partial charge is 0.393 e. The fourth-order valence-electron chi connectivity index (χ4n) is 2.86. The monoisotopic (exact) mass is 287 g/mol. The van der Waals surface area contributed by atoms with Crippen molar-refractivity contribution in [3.8, 4) is 0 Å². The number of nitrogens with two attached hydrogens (primary N) is 1. The first-order valence-electron chi connectivity index (χ1n) is 6.59. The molecule has 1 aromatic heterocycles. The van der Waals surface area contributed by atoms with Gasteiger partial charge in [-0.15, -0.1) is 0 Å². The standard InChI is InChI=1S/C12H21N3O3S/c1-4-14-11(8(2)3)10(13)12(16)15(14)9-5-6-19(17,18)7-9/h8-9H,4-7,13H2,1-3H3. The molecule has 6 nitrogen and oxygen atoms in total. The Morgan fingerprint density at radius 2 is 2.05 bits per heavy atom. The van der Waals surface area contributed by atoms with Gasteiger partial charge in [-0.3, -0.25) is 9.48 Å². The van der Waals surface area contributed by atoms with Gasteiger partial charge in [0.05, 0.1) is 23.2 Å². The van der Waals surface area contributed by atoms with Gasteiger partial charge in [-0.1, -0.05) is 13.8 Å². The maximum absolute atomic E-state index is 12.3. The van der Waals surface area contributed by atoms with Crippen LogP contribution in [0.5, 0.6) is 0 Å². The molecule has 0 radical (unpaired) electrons. The van der Waals surface area contributed by atoms with Gasteiger partial charge in [-0.05, 0) is 19.3 Å². The van der Waals surface area contributed by atoms with Gasteiger partial charge >= 0.3 is 0 Å². The first-order valence-corrected chi connectivity index (χ1v) is 8.41. The Kier molecular flexibility index (Phi) is 3.51. The highest BCUT2D eigenvalue weighted by Crippen LogP contribution is 2.27. The van der Waals surface area contributed by atoms with Gasteiger partial charge in [-0.25, -0.2) is 13.1 Å². The number of aromatic nitrogens is 2. The smallest absolute Gasteiger partial charge is 0.290 e. The molecule has 1 atom stereocenters. The van der Waals surface area contributed by atoms with E-state index < -0.39 is 9.84 Å². The Bertz CT molecular complexity index is 640. The lowest BCUT2D eigenvalue weighted by Gasteiger charge is -2.18. The summed E-state index contributed by atoms with van der Waals surface area (Å²) < 4.78 is 26.6. The summed E-state index contributed by atoms with van der Waals surface area (Å²) in [6.07, 6.45) is 0.489. The molecule has 2 heterocycles. The molecule has 1 fully saturated rings. The van der Waals surface area contributed by atoms with Gasteiger partial charge < -0.3 is 5.73 Å². The highest BCUT2D eigenvalue weighted by molar-refractivity contribution is 7.91. The lowest BCUT2D eigenvalue weighted by molar-refractivity contribution is 0.381. The average molecular weight is 287 g/mol. The summed E-state index contributed by atoms with van der Waals surface area (Å²) in [6, 6.07) is -0.285. The molecular weight excluding hydrogens is 266 g/mol. The molecule has 1 saturated heterocycles. The minimum absolute atomic E-state index is 0.0356. The number of anilines is 1. The molecule has 108 valence electrons. The summed E-state index contributed by atoms with van der Waals surface area (Å²) in [5, 5.41) is 0. The van der Waals surface area contributed by atoms with Gasteiger partial charge in [0.15, 0.2) is 9.84 Å². The molecule has 1 unspecified atom stereocenters. The van der Waals surface area contributed by atoms with Crippen molar-refractivity contribution in [2.45, 2.75) is 45.7 Å². The number of nitrogens with zero attached hydrogens (tertiary/aromatic N) is 2. The Hall–Kier alpha value is -1.24. The van der Waals surface area contributed by atoms with Crippen molar-refractivity contribution in [1.82, 2.24) is 9.36 Å². The van der Waals surface area contributed by atoms with Crippen LogP contribution in [0.25, 0.3) is 0 Å². The first-order chi connectivity index (χ1) is 8.78. The quantitative estimate of drug-likeness (QED) is 0.888. The van der Waals surface area contributed by atoms with Crippen LogP contribution in [-0.2, 0) is 16.4 Å². The molecule has 19 heavy (non-hydrogen) atoms. The second-order valence-electron chi connectivity index (χ2n) is 5.38. The number of hydrogen-bond donors (Lipinski definition) is 1. The normalized spacial score (nSPS) is 22.2. The highest BCUT2D eigenvalue weighted by Gasteiger charge is 2.33. The first kappa shape index (κ1) is 14.2. The third-order valence-corrected chi connectivity index (χ3v) is 5.40. The fraction of sp³-hybridized carbons (Fsp3) is 0.750. The van der Waals surface area contributed by atoms with Crippen LogP contribution in [0.4, 0.5) is 5.69 Å². The second-order valence-corrected chi connectivity index (χ2v) is 7.60. The van der Waals surface area contributed by atoms with Crippen molar-refractivity contribution in [2.24, 2.45) is 0 Å². The van der Waals surface area contributed by atoms with Crippen molar-refractivity contribution in [3.63, 3.8) is 0 Å². The van der Waals surface area contributed by atoms with Gasteiger partial charge in [0.1, 0.15) is 5.69 Å². The Morgan fingerprint density at radius 1 is 1.42 bits per heavy atom. The average Bonchev–Trinajstić information content (AvgIpc) is 2.78. The number of rotatable bonds is 3. The van der Waals surface area contributed by atoms with E-state index >= 15 is 0 Å². The summed E-state index contributed by atoms with van der Waals surface area (Å²) in [5.74, 6) is 0.316. The molecule has 1 aliphatic rings. The van der Waals surface area contributed by atoms with E-state index in [1.807, 2.05) is 25.5 Å². The minimum Gasteiger partial charge on any atom is -0.393 e. The minimum atomic E-state index is -3.02. The van der Waals surface area contributed by atoms with Crippen LogP contribution in [0.2, 0.25) is 0 Å². The number of nitrogen functional groups attached to an aromatic ring is 1. The maximum atomic E-state index is 12.3. The van der Waals surface area contributed by atoms with E-state index in [0.29, 0.717) is 13.0 Å². The Morgan fingerprint density at radius 3 is 2.47 bits per heavy atom. The zero-order valence-corrected chi connectivity index (χ0v) is 12.4. The molecule has 1 aliphatic heterocycles. The summed E-state index contributed by atoms with van der Waals surface area (Å²) in [6.45, 7) is 6.50. The van der Waals surface area contributed by atoms with Gasteiger partial charge in [0.25, 0.3) is 5.56 Å². The molecule has 7 heteroatoms. The summed E-state index contributed by atoms with van der Waals surface area (Å²) in [4.78, 5) is 12.3. The molecule has 0 amide bonds. The van der Waals surface area contributed by atoms with Crippen molar-refractivity contribution in [3.05, 3.63) is 16.0 Å². The molecule has 1 aromatic rings. The number of sulfone groups is 1. The van der Waals surface area contributed by atoms with Gasteiger partial charge in [-0.2, -0.15) is 0 Å². The van der Waals surface area contributed by atoms with Crippen LogP contribution in [-0.4, -0.2) is 29.3 Å². The van der Waals surface area contributed by atoms with Crippen molar-refractivity contribution < 1.29 is 8.42 Å². The van der Waals surface area contributed by atoms with E-state index in [0.717, 1.165) is 5.69 Å². The van der Waals surface area contributed by atoms with Gasteiger partial charge in [0.2, 0.25) is 0 Å². The molecule has 0 aliphatic carbocycles. The van der Waals surface area contributed by atoms with Gasteiger partial charge in [0, 0.05) is 6.54 Å². The van der Waals surface area contributed by atoms with Crippen LogP contribution in [0.3, 0.4) is 0 Å². The third-order valence-electron chi connectivity index (χ3n) is 3.65. The van der Waals surface area contributed by atoms with E-state index in [-0.39, 0.29) is 34.7 Å². The Labute approximate surface area is 113 Å². The zero-order valence-electron chi connectivity index (χ0n) is 11.6. The van der Waals surface area contributed by atoms with Crippen LogP contribution in [0, 0.1) is 0 Å². The van der Waals surface area contributed by atoms with Crippen LogP contribution in [0.1, 0.15) is 44.8 Å². The van der Waals surface area contributed by atoms with E-state index in [1.165, 1.54) is 0 Å². The lowest BCUT2D eigenvalue weighted by Crippen LogP contribution is -2.29. The van der Waals surface area contributed by atoms with Crippen LogP contribution < -0.4 is 11.3 Å². The second kappa shape index (κ2) is 4.70. The topological polar surface area (TPSA) is 87.1 Å². The molecule has 0 spiro atoms. The predicted octanol–water partition coefficient (Wildman–Crippen LogP) is 0.735.